The summed E-state index contributed by atoms with van der Waals surface area (Å²) in [5.41, 5.74) is 6.63. The van der Waals surface area contributed by atoms with Gasteiger partial charge in [0, 0.05) is 13.6 Å². The van der Waals surface area contributed by atoms with Gasteiger partial charge in [0.25, 0.3) is 0 Å². The highest BCUT2D eigenvalue weighted by Gasteiger charge is 2.33. The second-order valence-electron chi connectivity index (χ2n) is 5.24. The lowest BCUT2D eigenvalue weighted by molar-refractivity contribution is -0.0810. The van der Waals surface area contributed by atoms with Crippen LogP contribution in [0.15, 0.2) is 6.20 Å². The fraction of sp³-hybridized carbons (Fsp3) is 0.833. The molecule has 1 aliphatic carbocycles. The maximum atomic E-state index is 6.03. The Balaban J connectivity index is 1.91. The van der Waals surface area contributed by atoms with E-state index >= 15 is 0 Å². The lowest BCUT2D eigenvalue weighted by Crippen LogP contribution is -2.43. The molecular weight excluding hydrogens is 216 g/mol. The maximum absolute atomic E-state index is 6.03. The molecule has 2 rings (SSSR count). The van der Waals surface area contributed by atoms with Gasteiger partial charge in [-0.3, -0.25) is 4.68 Å². The van der Waals surface area contributed by atoms with Crippen LogP contribution in [0.4, 0.5) is 0 Å². The number of hydrogen-bond acceptors (Lipinski definition) is 4. The number of hydrogen-bond donors (Lipinski definition) is 1. The average Bonchev–Trinajstić information content (AvgIpc) is 2.75. The predicted molar refractivity (Wildman–Crippen MR) is 65.2 cm³/mol. The average molecular weight is 238 g/mol. The smallest absolute Gasteiger partial charge is 0.108 e. The summed E-state index contributed by atoms with van der Waals surface area (Å²) in [4.78, 5) is 0. The van der Waals surface area contributed by atoms with E-state index in [1.54, 1.807) is 4.68 Å². The van der Waals surface area contributed by atoms with Gasteiger partial charge in [0.15, 0.2) is 0 Å². The Bertz CT molecular complexity index is 355. The Morgan fingerprint density at radius 1 is 1.53 bits per heavy atom. The largest absolute Gasteiger partial charge is 0.367 e. The highest BCUT2D eigenvalue weighted by atomic mass is 16.5. The summed E-state index contributed by atoms with van der Waals surface area (Å²) in [6, 6.07) is 0. The summed E-state index contributed by atoms with van der Waals surface area (Å²) in [5, 5.41) is 7.92. The first-order valence-corrected chi connectivity index (χ1v) is 6.33. The van der Waals surface area contributed by atoms with Crippen LogP contribution in [0, 0.1) is 5.92 Å². The Hall–Kier alpha value is -0.940. The minimum atomic E-state index is -0.135. The molecule has 0 saturated heterocycles. The van der Waals surface area contributed by atoms with Crippen molar-refractivity contribution in [3.63, 3.8) is 0 Å². The summed E-state index contributed by atoms with van der Waals surface area (Å²) in [6.45, 7) is 3.41. The fourth-order valence-electron chi connectivity index (χ4n) is 2.38. The number of aromatic nitrogens is 3. The molecule has 0 aromatic carbocycles. The second-order valence-corrected chi connectivity index (χ2v) is 5.24. The number of nitrogens with two attached hydrogens (primary N) is 1. The van der Waals surface area contributed by atoms with E-state index in [0.29, 0.717) is 13.2 Å². The van der Waals surface area contributed by atoms with Crippen molar-refractivity contribution in [2.75, 3.05) is 6.54 Å². The van der Waals surface area contributed by atoms with Crippen LogP contribution in [0.5, 0.6) is 0 Å². The molecule has 0 atom stereocenters. The molecule has 1 saturated carbocycles. The second kappa shape index (κ2) is 5.14. The SMILES string of the molecule is CC1CCC(CN)(OCc2cn(C)nn2)CC1. The molecule has 1 aromatic rings. The first kappa shape index (κ1) is 12.5. The predicted octanol–water partition coefficient (Wildman–Crippen LogP) is 1.24. The van der Waals surface area contributed by atoms with Gasteiger partial charge in [-0.2, -0.15) is 0 Å². The van der Waals surface area contributed by atoms with Crippen molar-refractivity contribution in [3.05, 3.63) is 11.9 Å². The Labute approximate surface area is 102 Å². The number of nitrogens with zero attached hydrogens (tertiary/aromatic N) is 3. The molecule has 5 nitrogen and oxygen atoms in total. The molecule has 2 N–H and O–H groups in total. The first-order chi connectivity index (χ1) is 8.13. The zero-order chi connectivity index (χ0) is 12.3. The van der Waals surface area contributed by atoms with E-state index in [0.717, 1.165) is 24.5 Å². The molecule has 1 fully saturated rings. The summed E-state index contributed by atoms with van der Waals surface area (Å²) in [5.74, 6) is 0.801. The van der Waals surface area contributed by atoms with E-state index in [9.17, 15) is 0 Å². The quantitative estimate of drug-likeness (QED) is 0.857. The lowest BCUT2D eigenvalue weighted by atomic mass is 9.79. The van der Waals surface area contributed by atoms with Crippen molar-refractivity contribution in [2.45, 2.75) is 44.8 Å². The van der Waals surface area contributed by atoms with E-state index in [2.05, 4.69) is 17.2 Å². The molecule has 0 radical (unpaired) electrons. The normalized spacial score (nSPS) is 29.5. The molecule has 5 heteroatoms. The topological polar surface area (TPSA) is 66.0 Å². The molecule has 1 aliphatic rings. The van der Waals surface area contributed by atoms with Gasteiger partial charge in [0.1, 0.15) is 5.69 Å². The van der Waals surface area contributed by atoms with Crippen LogP contribution < -0.4 is 5.73 Å². The van der Waals surface area contributed by atoms with Gasteiger partial charge in [0.05, 0.1) is 18.4 Å². The van der Waals surface area contributed by atoms with Gasteiger partial charge in [-0.1, -0.05) is 12.1 Å². The van der Waals surface area contributed by atoms with E-state index in [-0.39, 0.29) is 5.60 Å². The van der Waals surface area contributed by atoms with E-state index in [1.165, 1.54) is 12.8 Å². The van der Waals surface area contributed by atoms with Crippen molar-refractivity contribution in [1.29, 1.82) is 0 Å². The van der Waals surface area contributed by atoms with Gasteiger partial charge < -0.3 is 10.5 Å². The third-order valence-corrected chi connectivity index (χ3v) is 3.73. The van der Waals surface area contributed by atoms with Crippen LogP contribution in [0.3, 0.4) is 0 Å². The van der Waals surface area contributed by atoms with Crippen LogP contribution >= 0.6 is 0 Å². The molecule has 0 bridgehead atoms. The van der Waals surface area contributed by atoms with E-state index in [1.807, 2.05) is 13.2 Å². The third kappa shape index (κ3) is 3.04. The minimum absolute atomic E-state index is 0.135. The summed E-state index contributed by atoms with van der Waals surface area (Å²) < 4.78 is 7.72. The van der Waals surface area contributed by atoms with Crippen molar-refractivity contribution in [2.24, 2.45) is 18.7 Å². The molecule has 17 heavy (non-hydrogen) atoms. The Morgan fingerprint density at radius 2 is 2.24 bits per heavy atom. The van der Waals surface area contributed by atoms with Gasteiger partial charge >= 0.3 is 0 Å². The molecular formula is C12H22N4O. The highest BCUT2D eigenvalue weighted by Crippen LogP contribution is 2.34. The highest BCUT2D eigenvalue weighted by molar-refractivity contribution is 4.92. The fourth-order valence-corrected chi connectivity index (χ4v) is 2.38. The molecule has 0 amide bonds. The number of rotatable bonds is 4. The van der Waals surface area contributed by atoms with Crippen molar-refractivity contribution in [1.82, 2.24) is 15.0 Å². The minimum Gasteiger partial charge on any atom is -0.367 e. The number of ether oxygens (including phenoxy) is 1. The van der Waals surface area contributed by atoms with E-state index < -0.39 is 0 Å². The molecule has 1 aromatic heterocycles. The van der Waals surface area contributed by atoms with Crippen LogP contribution in [-0.2, 0) is 18.4 Å². The van der Waals surface area contributed by atoms with Gasteiger partial charge in [-0.05, 0) is 31.6 Å². The zero-order valence-electron chi connectivity index (χ0n) is 10.7. The lowest BCUT2D eigenvalue weighted by Gasteiger charge is -2.38. The van der Waals surface area contributed by atoms with E-state index in [4.69, 9.17) is 10.5 Å². The Kier molecular flexibility index (Phi) is 3.79. The molecule has 0 spiro atoms. The van der Waals surface area contributed by atoms with Crippen molar-refractivity contribution in [3.8, 4) is 0 Å². The summed E-state index contributed by atoms with van der Waals surface area (Å²) >= 11 is 0. The Morgan fingerprint density at radius 3 is 2.76 bits per heavy atom. The summed E-state index contributed by atoms with van der Waals surface area (Å²) in [7, 11) is 1.86. The number of aryl methyl sites for hydroxylation is 1. The van der Waals surface area contributed by atoms with Gasteiger partial charge in [-0.15, -0.1) is 5.10 Å². The maximum Gasteiger partial charge on any atom is 0.108 e. The third-order valence-electron chi connectivity index (χ3n) is 3.73. The van der Waals surface area contributed by atoms with Crippen molar-refractivity contribution >= 4 is 0 Å². The molecule has 1 heterocycles. The van der Waals surface area contributed by atoms with Crippen LogP contribution in [0.2, 0.25) is 0 Å². The molecule has 0 unspecified atom stereocenters. The van der Waals surface area contributed by atoms with Crippen LogP contribution in [0.25, 0.3) is 0 Å². The summed E-state index contributed by atoms with van der Waals surface area (Å²) in [6.07, 6.45) is 6.42. The van der Waals surface area contributed by atoms with Gasteiger partial charge in [-0.25, -0.2) is 0 Å². The molecule has 0 aliphatic heterocycles. The molecule has 96 valence electrons. The first-order valence-electron chi connectivity index (χ1n) is 6.33. The van der Waals surface area contributed by atoms with Gasteiger partial charge in [0.2, 0.25) is 0 Å². The van der Waals surface area contributed by atoms with Crippen molar-refractivity contribution < 1.29 is 4.74 Å². The standard InChI is InChI=1S/C12H22N4O/c1-10-3-5-12(9-13,6-4-10)17-8-11-7-16(2)15-14-11/h7,10H,3-6,8-9,13H2,1-2H3. The van der Waals surface area contributed by atoms with Crippen LogP contribution in [-0.4, -0.2) is 27.1 Å². The van der Waals surface area contributed by atoms with Crippen LogP contribution in [0.1, 0.15) is 38.3 Å². The monoisotopic (exact) mass is 238 g/mol. The zero-order valence-corrected chi connectivity index (χ0v) is 10.7.